The van der Waals surface area contributed by atoms with Crippen LogP contribution in [0.5, 0.6) is 5.75 Å². The molecule has 0 aliphatic heterocycles. The highest BCUT2D eigenvalue weighted by Crippen LogP contribution is 2.34. The van der Waals surface area contributed by atoms with E-state index >= 15 is 0 Å². The Morgan fingerprint density at radius 2 is 1.81 bits per heavy atom. The molecule has 1 aromatic carbocycles. The summed E-state index contributed by atoms with van der Waals surface area (Å²) in [6.45, 7) is 0. The Hall–Kier alpha value is -2.57. The summed E-state index contributed by atoms with van der Waals surface area (Å²) in [6, 6.07) is 8.55. The van der Waals surface area contributed by atoms with Crippen molar-refractivity contribution in [3.05, 3.63) is 48.3 Å². The van der Waals surface area contributed by atoms with Gasteiger partial charge in [0.15, 0.2) is 0 Å². The molecule has 0 amide bonds. The lowest BCUT2D eigenvalue weighted by Crippen LogP contribution is -2.17. The minimum Gasteiger partial charge on any atom is -0.481 e. The zero-order valence-corrected chi connectivity index (χ0v) is 10.6. The van der Waals surface area contributed by atoms with Gasteiger partial charge in [-0.1, -0.05) is 24.3 Å². The summed E-state index contributed by atoms with van der Waals surface area (Å²) in [7, 11) is 0. The fourth-order valence-electron chi connectivity index (χ4n) is 1.87. The number of hydrogen-bond donors (Lipinski definition) is 1. The van der Waals surface area contributed by atoms with Crippen LogP contribution in [0.3, 0.4) is 0 Å². The molecule has 1 heterocycles. The Bertz CT molecular complexity index is 656. The molecule has 0 bridgehead atoms. The van der Waals surface area contributed by atoms with Gasteiger partial charge in [0.2, 0.25) is 0 Å². The van der Waals surface area contributed by atoms with Gasteiger partial charge in [0.25, 0.3) is 0 Å². The van der Waals surface area contributed by atoms with E-state index in [4.69, 9.17) is 5.11 Å². The highest BCUT2D eigenvalue weighted by molar-refractivity contribution is 5.77. The van der Waals surface area contributed by atoms with Crippen LogP contribution in [-0.4, -0.2) is 22.4 Å². The molecule has 2 rings (SSSR count). The Balaban J connectivity index is 2.50. The molecule has 0 radical (unpaired) electrons. The Morgan fingerprint density at radius 1 is 1.14 bits per heavy atom. The molecular formula is C14H10F3NO3. The Morgan fingerprint density at radius 3 is 2.48 bits per heavy atom. The quantitative estimate of drug-likeness (QED) is 0.941. The summed E-state index contributed by atoms with van der Waals surface area (Å²) in [5.74, 6) is -1.52. The zero-order chi connectivity index (χ0) is 15.5. The van der Waals surface area contributed by atoms with Gasteiger partial charge in [-0.15, -0.1) is 13.2 Å². The average molecular weight is 297 g/mol. The molecule has 0 saturated heterocycles. The van der Waals surface area contributed by atoms with Crippen molar-refractivity contribution >= 4 is 5.97 Å². The second-order valence-electron chi connectivity index (χ2n) is 4.11. The molecular weight excluding hydrogens is 287 g/mol. The molecule has 2 aromatic rings. The van der Waals surface area contributed by atoms with Crippen molar-refractivity contribution in [1.29, 1.82) is 0 Å². The van der Waals surface area contributed by atoms with Crippen LogP contribution in [0.25, 0.3) is 11.1 Å². The molecule has 110 valence electrons. The summed E-state index contributed by atoms with van der Waals surface area (Å²) >= 11 is 0. The molecule has 0 unspecified atom stereocenters. The molecule has 1 N–H and O–H groups in total. The number of carboxylic acid groups (broad SMARTS) is 1. The van der Waals surface area contributed by atoms with E-state index in [1.807, 2.05) is 0 Å². The summed E-state index contributed by atoms with van der Waals surface area (Å²) < 4.78 is 41.2. The standard InChI is InChI=1S/C14H10F3NO3/c15-14(16,17)21-12-6-2-1-4-10(12)9-5-3-7-18-11(9)8-13(19)20/h1-7H,8H2,(H,19,20). The van der Waals surface area contributed by atoms with Crippen molar-refractivity contribution in [2.45, 2.75) is 12.8 Å². The molecule has 0 saturated carbocycles. The van der Waals surface area contributed by atoms with E-state index in [9.17, 15) is 18.0 Å². The highest BCUT2D eigenvalue weighted by Gasteiger charge is 2.32. The van der Waals surface area contributed by atoms with Crippen LogP contribution in [0.1, 0.15) is 5.69 Å². The molecule has 0 spiro atoms. The van der Waals surface area contributed by atoms with Gasteiger partial charge in [-0.3, -0.25) is 9.78 Å². The number of alkyl halides is 3. The van der Waals surface area contributed by atoms with E-state index < -0.39 is 24.5 Å². The number of pyridine rings is 1. The number of carboxylic acids is 1. The van der Waals surface area contributed by atoms with Crippen molar-refractivity contribution in [2.24, 2.45) is 0 Å². The minimum absolute atomic E-state index is 0.138. The van der Waals surface area contributed by atoms with Crippen LogP contribution < -0.4 is 4.74 Å². The van der Waals surface area contributed by atoms with Crippen LogP contribution in [0.2, 0.25) is 0 Å². The molecule has 0 atom stereocenters. The fraction of sp³-hybridized carbons (Fsp3) is 0.143. The largest absolute Gasteiger partial charge is 0.573 e. The Labute approximate surface area is 117 Å². The number of nitrogens with zero attached hydrogens (tertiary/aromatic N) is 1. The summed E-state index contributed by atoms with van der Waals surface area (Å²) in [4.78, 5) is 14.7. The van der Waals surface area contributed by atoms with Crippen molar-refractivity contribution in [3.63, 3.8) is 0 Å². The second-order valence-corrected chi connectivity index (χ2v) is 4.11. The normalized spacial score (nSPS) is 11.2. The molecule has 0 fully saturated rings. The fourth-order valence-corrected chi connectivity index (χ4v) is 1.87. The molecule has 4 nitrogen and oxygen atoms in total. The van der Waals surface area contributed by atoms with Crippen molar-refractivity contribution in [1.82, 2.24) is 4.98 Å². The van der Waals surface area contributed by atoms with Crippen LogP contribution in [-0.2, 0) is 11.2 Å². The van der Waals surface area contributed by atoms with Crippen LogP contribution in [0.15, 0.2) is 42.6 Å². The number of halogens is 3. The van der Waals surface area contributed by atoms with Gasteiger partial charge in [-0.2, -0.15) is 0 Å². The van der Waals surface area contributed by atoms with E-state index in [1.54, 1.807) is 0 Å². The first-order chi connectivity index (χ1) is 9.87. The van der Waals surface area contributed by atoms with Gasteiger partial charge >= 0.3 is 12.3 Å². The van der Waals surface area contributed by atoms with Crippen LogP contribution in [0, 0.1) is 0 Å². The first-order valence-corrected chi connectivity index (χ1v) is 5.87. The lowest BCUT2D eigenvalue weighted by atomic mass is 10.0. The highest BCUT2D eigenvalue weighted by atomic mass is 19.4. The predicted molar refractivity (Wildman–Crippen MR) is 67.7 cm³/mol. The van der Waals surface area contributed by atoms with Crippen molar-refractivity contribution in [2.75, 3.05) is 0 Å². The lowest BCUT2D eigenvalue weighted by molar-refractivity contribution is -0.274. The maximum absolute atomic E-state index is 12.4. The third kappa shape index (κ3) is 3.95. The van der Waals surface area contributed by atoms with Crippen molar-refractivity contribution < 1.29 is 27.8 Å². The first-order valence-electron chi connectivity index (χ1n) is 5.87. The van der Waals surface area contributed by atoms with Crippen LogP contribution >= 0.6 is 0 Å². The van der Waals surface area contributed by atoms with Gasteiger partial charge in [-0.05, 0) is 12.1 Å². The van der Waals surface area contributed by atoms with E-state index in [1.165, 1.54) is 42.6 Å². The molecule has 1 aromatic heterocycles. The average Bonchev–Trinajstić information content (AvgIpc) is 2.38. The topological polar surface area (TPSA) is 59.4 Å². The number of para-hydroxylation sites is 1. The van der Waals surface area contributed by atoms with Gasteiger partial charge in [0.1, 0.15) is 5.75 Å². The number of hydrogen-bond acceptors (Lipinski definition) is 3. The molecule has 7 heteroatoms. The maximum atomic E-state index is 12.4. The van der Waals surface area contributed by atoms with E-state index in [-0.39, 0.29) is 11.3 Å². The van der Waals surface area contributed by atoms with Gasteiger partial charge < -0.3 is 9.84 Å². The number of aliphatic carboxylic acids is 1. The van der Waals surface area contributed by atoms with Gasteiger partial charge in [-0.25, -0.2) is 0 Å². The lowest BCUT2D eigenvalue weighted by Gasteiger charge is -2.14. The molecule has 0 aliphatic carbocycles. The number of aromatic nitrogens is 1. The van der Waals surface area contributed by atoms with Gasteiger partial charge in [0.05, 0.1) is 12.1 Å². The third-order valence-electron chi connectivity index (χ3n) is 2.61. The van der Waals surface area contributed by atoms with E-state index in [0.29, 0.717) is 5.56 Å². The Kier molecular flexibility index (Phi) is 4.11. The van der Waals surface area contributed by atoms with Crippen LogP contribution in [0.4, 0.5) is 13.2 Å². The summed E-state index contributed by atoms with van der Waals surface area (Å²) in [5.41, 5.74) is 0.599. The number of benzene rings is 1. The van der Waals surface area contributed by atoms with Gasteiger partial charge in [0, 0.05) is 17.3 Å². The molecule has 0 aliphatic rings. The molecule has 21 heavy (non-hydrogen) atoms. The maximum Gasteiger partial charge on any atom is 0.573 e. The summed E-state index contributed by atoms with van der Waals surface area (Å²) in [6.07, 6.45) is -3.84. The minimum atomic E-state index is -4.83. The summed E-state index contributed by atoms with van der Waals surface area (Å²) in [5, 5.41) is 8.84. The number of rotatable bonds is 4. The predicted octanol–water partition coefficient (Wildman–Crippen LogP) is 3.27. The van der Waals surface area contributed by atoms with Crippen molar-refractivity contribution in [3.8, 4) is 16.9 Å². The van der Waals surface area contributed by atoms with E-state index in [0.717, 1.165) is 0 Å². The second kappa shape index (κ2) is 5.82. The first kappa shape index (κ1) is 14.8. The smallest absolute Gasteiger partial charge is 0.481 e. The zero-order valence-electron chi connectivity index (χ0n) is 10.6. The number of ether oxygens (including phenoxy) is 1. The third-order valence-corrected chi connectivity index (χ3v) is 2.61. The monoisotopic (exact) mass is 297 g/mol. The van der Waals surface area contributed by atoms with E-state index in [2.05, 4.69) is 9.72 Å². The SMILES string of the molecule is O=C(O)Cc1ncccc1-c1ccccc1OC(F)(F)F. The number of carbonyl (C=O) groups is 1.